The molecule has 8 heteroatoms. The van der Waals surface area contributed by atoms with Crippen molar-refractivity contribution >= 4 is 15.8 Å². The molecule has 1 atom stereocenters. The number of benzene rings is 1. The first-order valence-electron chi connectivity index (χ1n) is 10.00. The predicted octanol–water partition coefficient (Wildman–Crippen LogP) is 2.16. The molecular formula is C20H33FN4O2S. The maximum atomic E-state index is 13.7. The first kappa shape index (κ1) is 22.6. The summed E-state index contributed by atoms with van der Waals surface area (Å²) in [6.45, 7) is 9.30. The lowest BCUT2D eigenvalue weighted by molar-refractivity contribution is 0.183. The Morgan fingerprint density at radius 2 is 2.07 bits per heavy atom. The number of piperidine rings is 1. The first-order valence-corrected chi connectivity index (χ1v) is 12.1. The SMILES string of the molecule is CCNC(=NCc1cc(F)ccc1CS(C)(=O)=O)NCC1CCCN(CC)C1. The van der Waals surface area contributed by atoms with Crippen molar-refractivity contribution in [3.05, 3.63) is 35.1 Å². The second kappa shape index (κ2) is 10.8. The zero-order chi connectivity index (χ0) is 20.6. The highest BCUT2D eigenvalue weighted by Gasteiger charge is 2.18. The zero-order valence-corrected chi connectivity index (χ0v) is 18.0. The maximum absolute atomic E-state index is 13.7. The van der Waals surface area contributed by atoms with E-state index in [0.29, 0.717) is 23.0 Å². The molecule has 1 heterocycles. The molecule has 0 saturated carbocycles. The van der Waals surface area contributed by atoms with Crippen LogP contribution in [0, 0.1) is 11.7 Å². The first-order chi connectivity index (χ1) is 13.3. The lowest BCUT2D eigenvalue weighted by atomic mass is 9.98. The van der Waals surface area contributed by atoms with Gasteiger partial charge in [0.15, 0.2) is 15.8 Å². The molecule has 1 saturated heterocycles. The normalized spacial score (nSPS) is 18.9. The van der Waals surface area contributed by atoms with Crippen molar-refractivity contribution in [1.82, 2.24) is 15.5 Å². The number of hydrogen-bond acceptors (Lipinski definition) is 4. The lowest BCUT2D eigenvalue weighted by Gasteiger charge is -2.32. The quantitative estimate of drug-likeness (QED) is 0.506. The molecule has 6 nitrogen and oxygen atoms in total. The Balaban J connectivity index is 2.04. The number of nitrogens with zero attached hydrogens (tertiary/aromatic N) is 2. The summed E-state index contributed by atoms with van der Waals surface area (Å²) < 4.78 is 37.0. The summed E-state index contributed by atoms with van der Waals surface area (Å²) in [5.74, 6) is 0.747. The molecule has 1 unspecified atom stereocenters. The minimum absolute atomic E-state index is 0.114. The number of aliphatic imine (C=N–C) groups is 1. The molecule has 0 spiro atoms. The van der Waals surface area contributed by atoms with Crippen molar-refractivity contribution in [1.29, 1.82) is 0 Å². The molecule has 0 radical (unpaired) electrons. The Bertz CT molecular complexity index is 767. The Hall–Kier alpha value is -1.67. The zero-order valence-electron chi connectivity index (χ0n) is 17.2. The van der Waals surface area contributed by atoms with Crippen LogP contribution in [0.1, 0.15) is 37.8 Å². The van der Waals surface area contributed by atoms with Gasteiger partial charge < -0.3 is 15.5 Å². The molecule has 0 aliphatic carbocycles. The van der Waals surface area contributed by atoms with E-state index in [0.717, 1.165) is 26.2 Å². The van der Waals surface area contributed by atoms with Crippen molar-refractivity contribution in [2.45, 2.75) is 39.0 Å². The van der Waals surface area contributed by atoms with Crippen LogP contribution in [0.5, 0.6) is 0 Å². The standard InChI is InChI=1S/C20H33FN4O2S/c1-4-22-20(23-12-16-7-6-10-25(5-2)14-16)24-13-18-11-19(21)9-8-17(18)15-28(3,26)27/h8-9,11,16H,4-7,10,12-15H2,1-3H3,(H2,22,23,24). The largest absolute Gasteiger partial charge is 0.357 e. The summed E-state index contributed by atoms with van der Waals surface area (Å²) in [5.41, 5.74) is 1.19. The smallest absolute Gasteiger partial charge is 0.191 e. The van der Waals surface area contributed by atoms with Crippen LogP contribution >= 0.6 is 0 Å². The molecule has 2 rings (SSSR count). The lowest BCUT2D eigenvalue weighted by Crippen LogP contribution is -2.44. The summed E-state index contributed by atoms with van der Waals surface area (Å²) in [6.07, 6.45) is 3.59. The summed E-state index contributed by atoms with van der Waals surface area (Å²) in [7, 11) is -3.20. The third-order valence-electron chi connectivity index (χ3n) is 4.95. The minimum Gasteiger partial charge on any atom is -0.357 e. The van der Waals surface area contributed by atoms with Gasteiger partial charge in [-0.15, -0.1) is 0 Å². The molecular weight excluding hydrogens is 379 g/mol. The van der Waals surface area contributed by atoms with Crippen molar-refractivity contribution < 1.29 is 12.8 Å². The van der Waals surface area contributed by atoms with E-state index in [9.17, 15) is 12.8 Å². The molecule has 0 amide bonds. The molecule has 1 aromatic carbocycles. The molecule has 2 N–H and O–H groups in total. The summed E-state index contributed by atoms with van der Waals surface area (Å²) in [6, 6.07) is 4.19. The Morgan fingerprint density at radius 1 is 1.29 bits per heavy atom. The van der Waals surface area contributed by atoms with Gasteiger partial charge in [-0.2, -0.15) is 0 Å². The Labute approximate surface area is 168 Å². The number of halogens is 1. The molecule has 158 valence electrons. The van der Waals surface area contributed by atoms with E-state index < -0.39 is 9.84 Å². The third-order valence-corrected chi connectivity index (χ3v) is 5.78. The van der Waals surface area contributed by atoms with Gasteiger partial charge in [0.2, 0.25) is 0 Å². The summed E-state index contributed by atoms with van der Waals surface area (Å²) >= 11 is 0. The fourth-order valence-corrected chi connectivity index (χ4v) is 4.36. The second-order valence-corrected chi connectivity index (χ2v) is 9.60. The van der Waals surface area contributed by atoms with Crippen molar-refractivity contribution in [3.63, 3.8) is 0 Å². The average molecular weight is 413 g/mol. The van der Waals surface area contributed by atoms with Crippen LogP contribution in [-0.4, -0.2) is 58.3 Å². The van der Waals surface area contributed by atoms with Gasteiger partial charge in [-0.1, -0.05) is 13.0 Å². The number of nitrogens with one attached hydrogen (secondary N) is 2. The van der Waals surface area contributed by atoms with E-state index in [1.54, 1.807) is 0 Å². The average Bonchev–Trinajstić information content (AvgIpc) is 2.65. The number of likely N-dealkylation sites (tertiary alicyclic amines) is 1. The molecule has 1 aromatic rings. The van der Waals surface area contributed by atoms with Gasteiger partial charge in [0.25, 0.3) is 0 Å². The van der Waals surface area contributed by atoms with E-state index >= 15 is 0 Å². The topological polar surface area (TPSA) is 73.8 Å². The van der Waals surface area contributed by atoms with Crippen molar-refractivity contribution in [2.24, 2.45) is 10.9 Å². The van der Waals surface area contributed by atoms with Crippen molar-refractivity contribution in [2.75, 3.05) is 39.0 Å². The van der Waals surface area contributed by atoms with Gasteiger partial charge in [0, 0.05) is 25.9 Å². The van der Waals surface area contributed by atoms with Gasteiger partial charge in [-0.05, 0) is 62.0 Å². The predicted molar refractivity (Wildman–Crippen MR) is 113 cm³/mol. The van der Waals surface area contributed by atoms with E-state index in [2.05, 4.69) is 27.4 Å². The van der Waals surface area contributed by atoms with Crippen LogP contribution in [-0.2, 0) is 22.1 Å². The summed E-state index contributed by atoms with van der Waals surface area (Å²) in [5, 5.41) is 6.60. The minimum atomic E-state index is -3.20. The van der Waals surface area contributed by atoms with Crippen LogP contribution in [0.15, 0.2) is 23.2 Å². The van der Waals surface area contributed by atoms with Crippen LogP contribution in [0.2, 0.25) is 0 Å². The highest BCUT2D eigenvalue weighted by molar-refractivity contribution is 7.89. The van der Waals surface area contributed by atoms with Crippen LogP contribution < -0.4 is 10.6 Å². The Morgan fingerprint density at radius 3 is 2.75 bits per heavy atom. The van der Waals surface area contributed by atoms with Crippen LogP contribution in [0.25, 0.3) is 0 Å². The van der Waals surface area contributed by atoms with Gasteiger partial charge in [0.1, 0.15) is 5.82 Å². The molecule has 0 aromatic heterocycles. The van der Waals surface area contributed by atoms with E-state index in [1.807, 2.05) is 6.92 Å². The van der Waals surface area contributed by atoms with E-state index in [4.69, 9.17) is 0 Å². The van der Waals surface area contributed by atoms with Gasteiger partial charge in [0.05, 0.1) is 12.3 Å². The molecule has 1 fully saturated rings. The fourth-order valence-electron chi connectivity index (χ4n) is 3.52. The number of guanidine groups is 1. The number of sulfone groups is 1. The highest BCUT2D eigenvalue weighted by atomic mass is 32.2. The maximum Gasteiger partial charge on any atom is 0.191 e. The van der Waals surface area contributed by atoms with E-state index in [-0.39, 0.29) is 18.1 Å². The van der Waals surface area contributed by atoms with Crippen molar-refractivity contribution in [3.8, 4) is 0 Å². The monoisotopic (exact) mass is 412 g/mol. The highest BCUT2D eigenvalue weighted by Crippen LogP contribution is 2.16. The molecule has 1 aliphatic rings. The molecule has 0 bridgehead atoms. The number of rotatable bonds is 8. The number of hydrogen-bond donors (Lipinski definition) is 2. The van der Waals surface area contributed by atoms with Crippen LogP contribution in [0.4, 0.5) is 4.39 Å². The van der Waals surface area contributed by atoms with Gasteiger partial charge in [-0.25, -0.2) is 17.8 Å². The molecule has 28 heavy (non-hydrogen) atoms. The Kier molecular flexibility index (Phi) is 8.69. The van der Waals surface area contributed by atoms with E-state index in [1.165, 1.54) is 43.8 Å². The van der Waals surface area contributed by atoms with Crippen LogP contribution in [0.3, 0.4) is 0 Å². The van der Waals surface area contributed by atoms with Gasteiger partial charge >= 0.3 is 0 Å². The fraction of sp³-hybridized carbons (Fsp3) is 0.650. The second-order valence-electron chi connectivity index (χ2n) is 7.46. The molecule has 1 aliphatic heterocycles. The third kappa shape index (κ3) is 7.75. The van der Waals surface area contributed by atoms with Gasteiger partial charge in [-0.3, -0.25) is 0 Å². The summed E-state index contributed by atoms with van der Waals surface area (Å²) in [4.78, 5) is 7.02.